The fourth-order valence-electron chi connectivity index (χ4n) is 3.77. The number of ether oxygens (including phenoxy) is 1. The molecule has 0 radical (unpaired) electrons. The number of methoxy groups -OCH3 is 1. The molecule has 1 unspecified atom stereocenters. The molecule has 0 fully saturated rings. The fraction of sp³-hybridized carbons (Fsp3) is 0.481. The average Bonchev–Trinajstić information content (AvgIpc) is 2.78. The number of anilines is 1. The summed E-state index contributed by atoms with van der Waals surface area (Å²) in [5.41, 5.74) is 1.93. The maximum absolute atomic E-state index is 13.4. The zero-order valence-corrected chi connectivity index (χ0v) is 23.2. The summed E-state index contributed by atoms with van der Waals surface area (Å²) in [6, 6.07) is 13.9. The maximum Gasteiger partial charge on any atom is 0.242 e. The molecule has 1 atom stereocenters. The van der Waals surface area contributed by atoms with Crippen molar-refractivity contribution in [3.63, 3.8) is 0 Å². The highest BCUT2D eigenvalue weighted by atomic mass is 32.2. The molecule has 0 saturated carbocycles. The third-order valence-corrected chi connectivity index (χ3v) is 6.81. The third kappa shape index (κ3) is 8.86. The summed E-state index contributed by atoms with van der Waals surface area (Å²) in [4.78, 5) is 27.8. The number of benzene rings is 2. The normalized spacial score (nSPS) is 12.5. The molecule has 0 aromatic heterocycles. The van der Waals surface area contributed by atoms with Crippen LogP contribution >= 0.6 is 0 Å². The van der Waals surface area contributed by atoms with E-state index in [9.17, 15) is 18.0 Å². The van der Waals surface area contributed by atoms with Crippen molar-refractivity contribution in [3.05, 3.63) is 59.7 Å². The van der Waals surface area contributed by atoms with E-state index in [0.29, 0.717) is 17.9 Å². The van der Waals surface area contributed by atoms with Gasteiger partial charge in [-0.15, -0.1) is 0 Å². The highest BCUT2D eigenvalue weighted by molar-refractivity contribution is 7.92. The van der Waals surface area contributed by atoms with E-state index in [-0.39, 0.29) is 31.3 Å². The summed E-state index contributed by atoms with van der Waals surface area (Å²) in [6.45, 7) is 9.67. The summed E-state index contributed by atoms with van der Waals surface area (Å²) in [7, 11) is -1.94. The highest BCUT2D eigenvalue weighted by Crippen LogP contribution is 2.21. The molecule has 198 valence electrons. The Labute approximate surface area is 215 Å². The lowest BCUT2D eigenvalue weighted by Gasteiger charge is -2.32. The Balaban J connectivity index is 2.19. The van der Waals surface area contributed by atoms with Gasteiger partial charge in [-0.05, 0) is 76.4 Å². The van der Waals surface area contributed by atoms with Crippen LogP contribution in [-0.4, -0.2) is 56.6 Å². The number of rotatable bonds is 11. The summed E-state index contributed by atoms with van der Waals surface area (Å²) < 4.78 is 31.4. The second-order valence-electron chi connectivity index (χ2n) is 10.1. The van der Waals surface area contributed by atoms with Gasteiger partial charge in [0.2, 0.25) is 21.8 Å². The van der Waals surface area contributed by atoms with Gasteiger partial charge in [-0.3, -0.25) is 13.9 Å². The highest BCUT2D eigenvalue weighted by Gasteiger charge is 2.28. The predicted octanol–water partition coefficient (Wildman–Crippen LogP) is 3.88. The van der Waals surface area contributed by atoms with Crippen LogP contribution < -0.4 is 14.4 Å². The minimum atomic E-state index is -3.53. The molecule has 2 aromatic carbocycles. The van der Waals surface area contributed by atoms with Crippen molar-refractivity contribution in [2.24, 2.45) is 0 Å². The first-order chi connectivity index (χ1) is 16.7. The van der Waals surface area contributed by atoms with E-state index >= 15 is 0 Å². The molecule has 0 aliphatic rings. The Morgan fingerprint density at radius 3 is 2.25 bits per heavy atom. The number of nitrogens with one attached hydrogen (secondary N) is 1. The van der Waals surface area contributed by atoms with Crippen LogP contribution in [-0.2, 0) is 26.2 Å². The molecular weight excluding hydrogens is 478 g/mol. The fourth-order valence-corrected chi connectivity index (χ4v) is 4.73. The van der Waals surface area contributed by atoms with E-state index in [1.54, 1.807) is 37.1 Å². The Hall–Kier alpha value is -3.07. The Bertz CT molecular complexity index is 1140. The van der Waals surface area contributed by atoms with Crippen LogP contribution in [0.2, 0.25) is 0 Å². The van der Waals surface area contributed by atoms with Gasteiger partial charge in [0, 0.05) is 25.0 Å². The molecule has 2 aromatic rings. The van der Waals surface area contributed by atoms with E-state index < -0.39 is 21.6 Å². The summed E-state index contributed by atoms with van der Waals surface area (Å²) in [6.07, 6.45) is 1.57. The van der Waals surface area contributed by atoms with Gasteiger partial charge in [0.25, 0.3) is 0 Å². The SMILES string of the molecule is COc1ccc(CN(C(=O)CCCN(c2cccc(C)c2)S(C)(=O)=O)C(C)C(=O)NC(C)(C)C)cc1. The molecule has 0 bridgehead atoms. The molecule has 36 heavy (non-hydrogen) atoms. The maximum atomic E-state index is 13.4. The second kappa shape index (κ2) is 12.3. The van der Waals surface area contributed by atoms with Crippen molar-refractivity contribution in [1.29, 1.82) is 0 Å². The van der Waals surface area contributed by atoms with Crippen LogP contribution in [0.3, 0.4) is 0 Å². The van der Waals surface area contributed by atoms with Crippen molar-refractivity contribution in [2.45, 2.75) is 65.6 Å². The van der Waals surface area contributed by atoms with E-state index in [2.05, 4.69) is 5.32 Å². The number of amides is 2. The summed E-state index contributed by atoms with van der Waals surface area (Å²) in [5, 5.41) is 2.94. The molecule has 0 aliphatic heterocycles. The van der Waals surface area contributed by atoms with E-state index in [4.69, 9.17) is 4.74 Å². The molecule has 2 amide bonds. The molecule has 0 saturated heterocycles. The topological polar surface area (TPSA) is 96.0 Å². The van der Waals surface area contributed by atoms with Crippen LogP contribution in [0.5, 0.6) is 5.75 Å². The predicted molar refractivity (Wildman–Crippen MR) is 144 cm³/mol. The monoisotopic (exact) mass is 517 g/mol. The Morgan fingerprint density at radius 1 is 1.08 bits per heavy atom. The number of carbonyl (C=O) groups excluding carboxylic acids is 2. The number of hydrogen-bond donors (Lipinski definition) is 1. The lowest BCUT2D eigenvalue weighted by atomic mass is 10.1. The van der Waals surface area contributed by atoms with Crippen molar-refractivity contribution in [1.82, 2.24) is 10.2 Å². The third-order valence-electron chi connectivity index (χ3n) is 5.62. The van der Waals surface area contributed by atoms with Gasteiger partial charge in [0.1, 0.15) is 11.8 Å². The molecule has 0 spiro atoms. The van der Waals surface area contributed by atoms with Crippen LogP contribution in [0, 0.1) is 6.92 Å². The number of sulfonamides is 1. The first-order valence-corrected chi connectivity index (χ1v) is 13.8. The molecule has 8 nitrogen and oxygen atoms in total. The van der Waals surface area contributed by atoms with Gasteiger partial charge in [-0.2, -0.15) is 0 Å². The summed E-state index contributed by atoms with van der Waals surface area (Å²) >= 11 is 0. The molecule has 0 heterocycles. The van der Waals surface area contributed by atoms with Gasteiger partial charge in [-0.1, -0.05) is 24.3 Å². The number of aryl methyl sites for hydroxylation is 1. The van der Waals surface area contributed by atoms with Gasteiger partial charge in [0.05, 0.1) is 19.1 Å². The van der Waals surface area contributed by atoms with Gasteiger partial charge >= 0.3 is 0 Å². The molecular formula is C27H39N3O5S. The Morgan fingerprint density at radius 2 is 1.72 bits per heavy atom. The largest absolute Gasteiger partial charge is 0.497 e. The first-order valence-electron chi connectivity index (χ1n) is 12.0. The van der Waals surface area contributed by atoms with Crippen LogP contribution in [0.15, 0.2) is 48.5 Å². The van der Waals surface area contributed by atoms with E-state index in [1.165, 1.54) is 4.31 Å². The lowest BCUT2D eigenvalue weighted by Crippen LogP contribution is -2.52. The zero-order valence-electron chi connectivity index (χ0n) is 22.4. The standard InChI is InChI=1S/C27H39N3O5S/c1-20-10-8-11-23(18-20)30(36(7,33)34)17-9-12-25(31)29(21(2)26(32)28-27(3,4)5)19-22-13-15-24(35-6)16-14-22/h8,10-11,13-16,18,21H,9,12,17,19H2,1-7H3,(H,28,32). The minimum absolute atomic E-state index is 0.0983. The first kappa shape index (κ1) is 29.2. The van der Waals surface area contributed by atoms with Crippen molar-refractivity contribution >= 4 is 27.5 Å². The summed E-state index contributed by atoms with van der Waals surface area (Å²) in [5.74, 6) is 0.231. The van der Waals surface area contributed by atoms with Gasteiger partial charge in [-0.25, -0.2) is 8.42 Å². The zero-order chi connectivity index (χ0) is 27.1. The molecule has 9 heteroatoms. The second-order valence-corrected chi connectivity index (χ2v) is 12.0. The number of carbonyl (C=O) groups is 2. The Kier molecular flexibility index (Phi) is 9.93. The van der Waals surface area contributed by atoms with Crippen molar-refractivity contribution < 1.29 is 22.7 Å². The molecule has 1 N–H and O–H groups in total. The van der Waals surface area contributed by atoms with Gasteiger partial charge < -0.3 is 15.0 Å². The quantitative estimate of drug-likeness (QED) is 0.488. The van der Waals surface area contributed by atoms with E-state index in [1.807, 2.05) is 58.0 Å². The molecule has 0 aliphatic carbocycles. The van der Waals surface area contributed by atoms with Crippen LogP contribution in [0.1, 0.15) is 51.7 Å². The van der Waals surface area contributed by atoms with Crippen LogP contribution in [0.4, 0.5) is 5.69 Å². The van der Waals surface area contributed by atoms with Crippen LogP contribution in [0.25, 0.3) is 0 Å². The van der Waals surface area contributed by atoms with Crippen molar-refractivity contribution in [2.75, 3.05) is 24.2 Å². The van der Waals surface area contributed by atoms with Gasteiger partial charge in [0.15, 0.2) is 0 Å². The minimum Gasteiger partial charge on any atom is -0.497 e. The average molecular weight is 518 g/mol. The lowest BCUT2D eigenvalue weighted by molar-refractivity contribution is -0.141. The molecule has 2 rings (SSSR count). The van der Waals surface area contributed by atoms with Crippen molar-refractivity contribution in [3.8, 4) is 5.75 Å². The number of hydrogen-bond acceptors (Lipinski definition) is 5. The smallest absolute Gasteiger partial charge is 0.242 e. The number of nitrogens with zero attached hydrogens (tertiary/aromatic N) is 2. The van der Waals surface area contributed by atoms with E-state index in [0.717, 1.165) is 17.4 Å².